The van der Waals surface area contributed by atoms with Crippen molar-refractivity contribution >= 4 is 0 Å². The van der Waals surface area contributed by atoms with Gasteiger partial charge >= 0.3 is 0 Å². The molecule has 4 aliphatic rings. The van der Waals surface area contributed by atoms with Crippen LogP contribution in [-0.2, 0) is 0 Å². The summed E-state index contributed by atoms with van der Waals surface area (Å²) in [5, 5.41) is 21.1. The van der Waals surface area contributed by atoms with Crippen LogP contribution < -0.4 is 0 Å². The molecule has 0 aromatic carbocycles. The van der Waals surface area contributed by atoms with Crippen LogP contribution in [0.1, 0.15) is 65.7 Å². The first-order valence-corrected chi connectivity index (χ1v) is 9.11. The summed E-state index contributed by atoms with van der Waals surface area (Å²) in [7, 11) is 0. The zero-order chi connectivity index (χ0) is 15.8. The first-order chi connectivity index (χ1) is 10.3. The zero-order valence-corrected chi connectivity index (χ0v) is 14.2. The number of hydrogen-bond donors (Lipinski definition) is 2. The quantitative estimate of drug-likeness (QED) is 0.520. The average Bonchev–Trinajstić information content (AvgIpc) is 2.70. The second kappa shape index (κ2) is 4.48. The van der Waals surface area contributed by atoms with Gasteiger partial charge < -0.3 is 10.2 Å². The molecule has 122 valence electrons. The second-order valence-electron chi connectivity index (χ2n) is 8.90. The van der Waals surface area contributed by atoms with Gasteiger partial charge in [0.2, 0.25) is 0 Å². The first kappa shape index (κ1) is 15.0. The number of fused-ring (bicyclic) bond motifs is 5. The van der Waals surface area contributed by atoms with Crippen LogP contribution in [0, 0.1) is 28.6 Å². The molecule has 22 heavy (non-hydrogen) atoms. The van der Waals surface area contributed by atoms with Crippen molar-refractivity contribution in [2.45, 2.75) is 71.5 Å². The Balaban J connectivity index is 1.81. The molecule has 1 unspecified atom stereocenters. The van der Waals surface area contributed by atoms with Gasteiger partial charge in [-0.25, -0.2) is 0 Å². The number of allylic oxidation sites excluding steroid dienone is 4. The van der Waals surface area contributed by atoms with Gasteiger partial charge in [0.15, 0.2) is 5.79 Å². The van der Waals surface area contributed by atoms with Gasteiger partial charge in [0.1, 0.15) is 0 Å². The lowest BCUT2D eigenvalue weighted by Crippen LogP contribution is -2.52. The highest BCUT2D eigenvalue weighted by Crippen LogP contribution is 2.66. The third-order valence-corrected chi connectivity index (χ3v) is 8.00. The Labute approximate surface area is 134 Å². The van der Waals surface area contributed by atoms with Gasteiger partial charge in [-0.3, -0.25) is 0 Å². The van der Waals surface area contributed by atoms with Crippen LogP contribution in [0.3, 0.4) is 0 Å². The molecule has 2 saturated carbocycles. The summed E-state index contributed by atoms with van der Waals surface area (Å²) in [4.78, 5) is 0. The van der Waals surface area contributed by atoms with Crippen molar-refractivity contribution in [2.75, 3.05) is 0 Å². The third-order valence-electron chi connectivity index (χ3n) is 8.00. The Morgan fingerprint density at radius 3 is 2.55 bits per heavy atom. The van der Waals surface area contributed by atoms with Crippen LogP contribution in [0.4, 0.5) is 0 Å². The highest BCUT2D eigenvalue weighted by Gasteiger charge is 2.62. The average molecular weight is 302 g/mol. The van der Waals surface area contributed by atoms with Gasteiger partial charge in [0, 0.05) is 11.8 Å². The van der Waals surface area contributed by atoms with Gasteiger partial charge in [-0.2, -0.15) is 0 Å². The Morgan fingerprint density at radius 1 is 1.05 bits per heavy atom. The Kier molecular flexibility index (Phi) is 3.05. The van der Waals surface area contributed by atoms with E-state index in [4.69, 9.17) is 0 Å². The van der Waals surface area contributed by atoms with E-state index in [0.717, 1.165) is 25.2 Å². The summed E-state index contributed by atoms with van der Waals surface area (Å²) >= 11 is 0. The molecule has 0 radical (unpaired) electrons. The zero-order valence-electron chi connectivity index (χ0n) is 14.2. The van der Waals surface area contributed by atoms with E-state index in [-0.39, 0.29) is 5.41 Å². The summed E-state index contributed by atoms with van der Waals surface area (Å²) in [6.45, 7) is 6.90. The van der Waals surface area contributed by atoms with E-state index >= 15 is 0 Å². The Bertz CT molecular complexity index is 558. The smallest absolute Gasteiger partial charge is 0.168 e. The molecule has 2 heteroatoms. The van der Waals surface area contributed by atoms with Crippen LogP contribution >= 0.6 is 0 Å². The fourth-order valence-corrected chi connectivity index (χ4v) is 6.48. The fourth-order valence-electron chi connectivity index (χ4n) is 6.48. The second-order valence-corrected chi connectivity index (χ2v) is 8.90. The molecule has 0 saturated heterocycles. The van der Waals surface area contributed by atoms with Crippen LogP contribution in [0.25, 0.3) is 0 Å². The maximum absolute atomic E-state index is 10.5. The predicted octanol–water partition coefficient (Wildman–Crippen LogP) is 4.19. The SMILES string of the molecule is CC1=C2[C@@H](CC[C@@]3(C)[C@H]2CCC3(O)O)[C@@]2(C)C=CCCC2C1. The summed E-state index contributed by atoms with van der Waals surface area (Å²) in [6, 6.07) is 0. The molecule has 5 atom stereocenters. The van der Waals surface area contributed by atoms with E-state index < -0.39 is 5.79 Å². The lowest BCUT2D eigenvalue weighted by atomic mass is 9.48. The molecule has 0 spiro atoms. The van der Waals surface area contributed by atoms with E-state index in [2.05, 4.69) is 32.9 Å². The fraction of sp³-hybridized carbons (Fsp3) is 0.800. The molecule has 0 aromatic rings. The van der Waals surface area contributed by atoms with E-state index in [9.17, 15) is 10.2 Å². The maximum atomic E-state index is 10.5. The van der Waals surface area contributed by atoms with E-state index in [1.54, 1.807) is 11.1 Å². The minimum absolute atomic E-state index is 0.296. The van der Waals surface area contributed by atoms with Crippen molar-refractivity contribution < 1.29 is 10.2 Å². The number of hydrogen-bond acceptors (Lipinski definition) is 2. The molecule has 4 aliphatic carbocycles. The molecule has 0 amide bonds. The van der Waals surface area contributed by atoms with Crippen molar-refractivity contribution in [1.82, 2.24) is 0 Å². The molecule has 4 rings (SSSR count). The van der Waals surface area contributed by atoms with Crippen LogP contribution in [0.5, 0.6) is 0 Å². The first-order valence-electron chi connectivity index (χ1n) is 9.11. The molecular weight excluding hydrogens is 272 g/mol. The van der Waals surface area contributed by atoms with Crippen molar-refractivity contribution in [3.8, 4) is 0 Å². The van der Waals surface area contributed by atoms with E-state index in [0.29, 0.717) is 23.7 Å². The van der Waals surface area contributed by atoms with E-state index in [1.807, 2.05) is 0 Å². The standard InChI is InChI=1S/C20H30O2/c1-13-12-14-6-4-5-9-18(14,2)15-7-10-19(3)16(17(13)15)8-11-20(19,21)22/h5,9,14-16,21-22H,4,6-8,10-12H2,1-3H3/t14?,15-,16+,18+,19+/m1/s1. The number of aliphatic hydroxyl groups is 2. The van der Waals surface area contributed by atoms with Gasteiger partial charge in [-0.15, -0.1) is 0 Å². The Morgan fingerprint density at radius 2 is 1.77 bits per heavy atom. The highest BCUT2D eigenvalue weighted by atomic mass is 16.5. The molecule has 0 bridgehead atoms. The largest absolute Gasteiger partial charge is 0.365 e. The van der Waals surface area contributed by atoms with E-state index in [1.165, 1.54) is 19.3 Å². The highest BCUT2D eigenvalue weighted by molar-refractivity contribution is 5.35. The molecule has 2 N–H and O–H groups in total. The topological polar surface area (TPSA) is 40.5 Å². The molecule has 0 heterocycles. The van der Waals surface area contributed by atoms with Gasteiger partial charge in [0.05, 0.1) is 0 Å². The van der Waals surface area contributed by atoms with Crippen molar-refractivity contribution in [2.24, 2.45) is 28.6 Å². The summed E-state index contributed by atoms with van der Waals surface area (Å²) < 4.78 is 0. The molecular formula is C20H30O2. The van der Waals surface area contributed by atoms with Crippen LogP contribution in [0.15, 0.2) is 23.3 Å². The van der Waals surface area contributed by atoms with Crippen molar-refractivity contribution in [3.05, 3.63) is 23.3 Å². The number of rotatable bonds is 0. The lowest BCUT2D eigenvalue weighted by Gasteiger charge is -2.56. The monoisotopic (exact) mass is 302 g/mol. The maximum Gasteiger partial charge on any atom is 0.168 e. The van der Waals surface area contributed by atoms with Gasteiger partial charge in [0.25, 0.3) is 0 Å². The normalized spacial score (nSPS) is 49.6. The Hall–Kier alpha value is -0.600. The van der Waals surface area contributed by atoms with Gasteiger partial charge in [-0.1, -0.05) is 37.1 Å². The molecule has 2 fully saturated rings. The minimum atomic E-state index is -1.48. The van der Waals surface area contributed by atoms with Gasteiger partial charge in [-0.05, 0) is 68.6 Å². The minimum Gasteiger partial charge on any atom is -0.365 e. The predicted molar refractivity (Wildman–Crippen MR) is 88.0 cm³/mol. The van der Waals surface area contributed by atoms with Crippen molar-refractivity contribution in [1.29, 1.82) is 0 Å². The lowest BCUT2D eigenvalue weighted by molar-refractivity contribution is -0.234. The van der Waals surface area contributed by atoms with Crippen LogP contribution in [0.2, 0.25) is 0 Å². The van der Waals surface area contributed by atoms with Crippen molar-refractivity contribution in [3.63, 3.8) is 0 Å². The molecule has 0 aliphatic heterocycles. The molecule has 2 nitrogen and oxygen atoms in total. The molecule has 0 aromatic heterocycles. The van der Waals surface area contributed by atoms with Crippen LogP contribution in [-0.4, -0.2) is 16.0 Å². The summed E-state index contributed by atoms with van der Waals surface area (Å²) in [5.41, 5.74) is 3.12. The summed E-state index contributed by atoms with van der Waals surface area (Å²) in [5.74, 6) is 0.296. The third kappa shape index (κ3) is 1.69. The summed E-state index contributed by atoms with van der Waals surface area (Å²) in [6.07, 6.45) is 12.2.